The van der Waals surface area contributed by atoms with E-state index in [1.807, 2.05) is 19.2 Å². The van der Waals surface area contributed by atoms with Gasteiger partial charge in [-0.25, -0.2) is 0 Å². The van der Waals surface area contributed by atoms with Crippen molar-refractivity contribution in [2.75, 3.05) is 7.05 Å². The Hall–Kier alpha value is -0.720. The Kier molecular flexibility index (Phi) is 3.73. The van der Waals surface area contributed by atoms with Crippen molar-refractivity contribution in [2.24, 2.45) is 0 Å². The fourth-order valence-corrected chi connectivity index (χ4v) is 2.55. The standard InChI is InChI=1S/C10H12BrN3OS/c1-6(12-2)5-9-13-10(15-14-9)7-3-4-8(11)16-7/h3-4,6,12H,5H2,1-2H3. The second-order valence-corrected chi connectivity index (χ2v) is 5.98. The summed E-state index contributed by atoms with van der Waals surface area (Å²) in [5.41, 5.74) is 0. The highest BCUT2D eigenvalue weighted by Gasteiger charge is 2.12. The molecule has 0 saturated carbocycles. The molecule has 0 aliphatic rings. The van der Waals surface area contributed by atoms with Crippen molar-refractivity contribution in [3.63, 3.8) is 0 Å². The van der Waals surface area contributed by atoms with Crippen molar-refractivity contribution in [3.05, 3.63) is 21.7 Å². The van der Waals surface area contributed by atoms with Crippen LogP contribution in [0.1, 0.15) is 12.7 Å². The van der Waals surface area contributed by atoms with E-state index in [9.17, 15) is 0 Å². The van der Waals surface area contributed by atoms with E-state index in [1.54, 1.807) is 11.3 Å². The van der Waals surface area contributed by atoms with Crippen LogP contribution in [0.2, 0.25) is 0 Å². The first-order chi connectivity index (χ1) is 7.69. The molecule has 2 aromatic heterocycles. The Balaban J connectivity index is 2.13. The van der Waals surface area contributed by atoms with E-state index in [1.165, 1.54) is 0 Å². The number of hydrogen-bond donors (Lipinski definition) is 1. The molecular weight excluding hydrogens is 290 g/mol. The highest BCUT2D eigenvalue weighted by molar-refractivity contribution is 9.11. The molecule has 0 aliphatic carbocycles. The normalized spacial score (nSPS) is 12.9. The summed E-state index contributed by atoms with van der Waals surface area (Å²) in [4.78, 5) is 5.34. The van der Waals surface area contributed by atoms with Gasteiger partial charge in [0.15, 0.2) is 5.82 Å². The van der Waals surface area contributed by atoms with Gasteiger partial charge in [0.25, 0.3) is 5.89 Å². The molecule has 1 N–H and O–H groups in total. The van der Waals surface area contributed by atoms with E-state index in [0.717, 1.165) is 20.9 Å². The average molecular weight is 302 g/mol. The molecule has 0 aliphatic heterocycles. The molecule has 6 heteroatoms. The van der Waals surface area contributed by atoms with E-state index in [0.29, 0.717) is 11.9 Å². The van der Waals surface area contributed by atoms with Gasteiger partial charge in [-0.15, -0.1) is 11.3 Å². The van der Waals surface area contributed by atoms with Gasteiger partial charge >= 0.3 is 0 Å². The Morgan fingerprint density at radius 2 is 2.38 bits per heavy atom. The number of hydrogen-bond acceptors (Lipinski definition) is 5. The number of nitrogens with zero attached hydrogens (tertiary/aromatic N) is 2. The third-order valence-corrected chi connectivity index (χ3v) is 3.85. The van der Waals surface area contributed by atoms with Crippen LogP contribution in [-0.2, 0) is 6.42 Å². The van der Waals surface area contributed by atoms with Crippen LogP contribution in [-0.4, -0.2) is 23.2 Å². The fourth-order valence-electron chi connectivity index (χ4n) is 1.24. The minimum Gasteiger partial charge on any atom is -0.333 e. The van der Waals surface area contributed by atoms with Gasteiger partial charge in [-0.3, -0.25) is 0 Å². The van der Waals surface area contributed by atoms with Gasteiger partial charge in [-0.1, -0.05) is 5.16 Å². The monoisotopic (exact) mass is 301 g/mol. The molecule has 2 aromatic rings. The molecule has 0 amide bonds. The molecule has 0 radical (unpaired) electrons. The number of halogens is 1. The first kappa shape index (κ1) is 11.8. The summed E-state index contributed by atoms with van der Waals surface area (Å²) in [6, 6.07) is 4.29. The van der Waals surface area contributed by atoms with Gasteiger partial charge in [0.2, 0.25) is 0 Å². The molecule has 1 unspecified atom stereocenters. The first-order valence-electron chi connectivity index (χ1n) is 4.94. The van der Waals surface area contributed by atoms with Gasteiger partial charge in [0, 0.05) is 12.5 Å². The van der Waals surface area contributed by atoms with Gasteiger partial charge < -0.3 is 9.84 Å². The lowest BCUT2D eigenvalue weighted by Gasteiger charge is -2.04. The molecule has 4 nitrogen and oxygen atoms in total. The van der Waals surface area contributed by atoms with Crippen LogP contribution in [0.3, 0.4) is 0 Å². The summed E-state index contributed by atoms with van der Waals surface area (Å²) in [6.07, 6.45) is 0.770. The van der Waals surface area contributed by atoms with Crippen LogP contribution >= 0.6 is 27.3 Å². The second-order valence-electron chi connectivity index (χ2n) is 3.51. The summed E-state index contributed by atoms with van der Waals surface area (Å²) >= 11 is 4.99. The Labute approximate surface area is 106 Å². The maximum absolute atomic E-state index is 5.21. The number of rotatable bonds is 4. The van der Waals surface area contributed by atoms with Crippen LogP contribution < -0.4 is 5.32 Å². The van der Waals surface area contributed by atoms with E-state index in [4.69, 9.17) is 4.52 Å². The largest absolute Gasteiger partial charge is 0.333 e. The lowest BCUT2D eigenvalue weighted by Crippen LogP contribution is -2.24. The minimum absolute atomic E-state index is 0.348. The highest BCUT2D eigenvalue weighted by atomic mass is 79.9. The molecule has 1 atom stereocenters. The van der Waals surface area contributed by atoms with Crippen LogP contribution in [0.25, 0.3) is 10.8 Å². The second kappa shape index (κ2) is 5.07. The molecule has 16 heavy (non-hydrogen) atoms. The zero-order valence-corrected chi connectivity index (χ0v) is 11.4. The predicted octanol–water partition coefficient (Wildman–Crippen LogP) is 2.71. The van der Waals surface area contributed by atoms with Gasteiger partial charge in [-0.2, -0.15) is 4.98 Å². The number of aromatic nitrogens is 2. The number of thiophene rings is 1. The first-order valence-corrected chi connectivity index (χ1v) is 6.55. The van der Waals surface area contributed by atoms with Crippen molar-refractivity contribution in [3.8, 4) is 10.8 Å². The minimum atomic E-state index is 0.348. The molecular formula is C10H12BrN3OS. The summed E-state index contributed by atoms with van der Waals surface area (Å²) in [6.45, 7) is 2.08. The van der Waals surface area contributed by atoms with Crippen molar-refractivity contribution >= 4 is 27.3 Å². The van der Waals surface area contributed by atoms with Crippen LogP contribution in [0.4, 0.5) is 0 Å². The third-order valence-electron chi connectivity index (χ3n) is 2.23. The summed E-state index contributed by atoms with van der Waals surface area (Å²) in [5, 5.41) is 7.09. The van der Waals surface area contributed by atoms with E-state index in [-0.39, 0.29) is 0 Å². The third kappa shape index (κ3) is 2.69. The van der Waals surface area contributed by atoms with Gasteiger partial charge in [-0.05, 0) is 42.0 Å². The van der Waals surface area contributed by atoms with E-state index >= 15 is 0 Å². The van der Waals surface area contributed by atoms with Crippen molar-refractivity contribution in [1.82, 2.24) is 15.5 Å². The SMILES string of the molecule is CNC(C)Cc1noc(-c2ccc(Br)s2)n1. The van der Waals surface area contributed by atoms with E-state index in [2.05, 4.69) is 38.3 Å². The topological polar surface area (TPSA) is 51.0 Å². The van der Waals surface area contributed by atoms with Crippen LogP contribution in [0, 0.1) is 0 Å². The maximum Gasteiger partial charge on any atom is 0.268 e. The molecule has 86 valence electrons. The van der Waals surface area contributed by atoms with Gasteiger partial charge in [0.05, 0.1) is 8.66 Å². The van der Waals surface area contributed by atoms with Crippen LogP contribution in [0.5, 0.6) is 0 Å². The summed E-state index contributed by atoms with van der Waals surface area (Å²) in [7, 11) is 1.92. The number of likely N-dealkylation sites (N-methyl/N-ethyl adjacent to an activating group) is 1. The highest BCUT2D eigenvalue weighted by Crippen LogP contribution is 2.30. The fraction of sp³-hybridized carbons (Fsp3) is 0.400. The van der Waals surface area contributed by atoms with Gasteiger partial charge in [0.1, 0.15) is 0 Å². The molecule has 0 bridgehead atoms. The lowest BCUT2D eigenvalue weighted by molar-refractivity contribution is 0.419. The summed E-state index contributed by atoms with van der Waals surface area (Å²) < 4.78 is 6.27. The predicted molar refractivity (Wildman–Crippen MR) is 67.5 cm³/mol. The zero-order valence-electron chi connectivity index (χ0n) is 9.03. The molecule has 0 aromatic carbocycles. The quantitative estimate of drug-likeness (QED) is 0.943. The zero-order chi connectivity index (χ0) is 11.5. The summed E-state index contributed by atoms with van der Waals surface area (Å²) in [5.74, 6) is 1.33. The van der Waals surface area contributed by atoms with Crippen molar-refractivity contribution in [2.45, 2.75) is 19.4 Å². The smallest absolute Gasteiger partial charge is 0.268 e. The molecule has 0 saturated heterocycles. The van der Waals surface area contributed by atoms with E-state index < -0.39 is 0 Å². The maximum atomic E-state index is 5.21. The average Bonchev–Trinajstić information content (AvgIpc) is 2.87. The Bertz CT molecular complexity index is 468. The van der Waals surface area contributed by atoms with Crippen LogP contribution in [0.15, 0.2) is 20.4 Å². The Morgan fingerprint density at radius 3 is 3.00 bits per heavy atom. The molecule has 0 spiro atoms. The molecule has 2 heterocycles. The Morgan fingerprint density at radius 1 is 1.56 bits per heavy atom. The van der Waals surface area contributed by atoms with Crippen molar-refractivity contribution in [1.29, 1.82) is 0 Å². The van der Waals surface area contributed by atoms with Crippen molar-refractivity contribution < 1.29 is 4.52 Å². The lowest BCUT2D eigenvalue weighted by atomic mass is 10.2. The molecule has 2 rings (SSSR count). The number of nitrogens with one attached hydrogen (secondary N) is 1. The molecule has 0 fully saturated rings.